The number of benzene rings is 1. The van der Waals surface area contributed by atoms with Crippen LogP contribution in [0.4, 0.5) is 27.8 Å². The zero-order valence-corrected chi connectivity index (χ0v) is 15.3. The number of carbonyl (C=O) groups excluding carboxylic acids is 2. The molecule has 0 aliphatic rings. The van der Waals surface area contributed by atoms with Gasteiger partial charge in [0.25, 0.3) is 5.91 Å². The summed E-state index contributed by atoms with van der Waals surface area (Å²) in [6.45, 7) is 2.31. The van der Waals surface area contributed by atoms with Crippen molar-refractivity contribution in [2.75, 3.05) is 22.5 Å². The molecule has 0 spiro atoms. The van der Waals surface area contributed by atoms with Crippen molar-refractivity contribution >= 4 is 34.9 Å². The SMILES string of the molecule is CCNC(=O)Nc1cc(Nc2ccccc2)c(C(=O)Nc2ccccn2)cn1. The minimum absolute atomic E-state index is 0.316. The summed E-state index contributed by atoms with van der Waals surface area (Å²) >= 11 is 0. The fourth-order valence-corrected chi connectivity index (χ4v) is 2.43. The molecule has 0 saturated carbocycles. The van der Waals surface area contributed by atoms with Gasteiger partial charge < -0.3 is 16.0 Å². The third-order valence-electron chi connectivity index (χ3n) is 3.69. The molecule has 0 fully saturated rings. The highest BCUT2D eigenvalue weighted by atomic mass is 16.2. The number of pyridine rings is 2. The summed E-state index contributed by atoms with van der Waals surface area (Å²) in [5.41, 5.74) is 1.61. The van der Waals surface area contributed by atoms with Gasteiger partial charge in [0.1, 0.15) is 11.6 Å². The lowest BCUT2D eigenvalue weighted by molar-refractivity contribution is 0.102. The maximum absolute atomic E-state index is 12.7. The Morgan fingerprint density at radius 2 is 1.71 bits per heavy atom. The van der Waals surface area contributed by atoms with Gasteiger partial charge in [0.15, 0.2) is 0 Å². The van der Waals surface area contributed by atoms with E-state index in [4.69, 9.17) is 0 Å². The molecule has 8 heteroatoms. The van der Waals surface area contributed by atoms with Gasteiger partial charge in [-0.25, -0.2) is 14.8 Å². The van der Waals surface area contributed by atoms with Gasteiger partial charge in [-0.2, -0.15) is 0 Å². The smallest absolute Gasteiger partial charge is 0.320 e. The van der Waals surface area contributed by atoms with Crippen LogP contribution >= 0.6 is 0 Å². The van der Waals surface area contributed by atoms with Crippen molar-refractivity contribution in [3.8, 4) is 0 Å². The Morgan fingerprint density at radius 3 is 2.43 bits per heavy atom. The largest absolute Gasteiger partial charge is 0.355 e. The molecule has 0 aliphatic carbocycles. The van der Waals surface area contributed by atoms with Gasteiger partial charge in [-0.3, -0.25) is 10.1 Å². The summed E-state index contributed by atoms with van der Waals surface area (Å²) in [4.78, 5) is 32.8. The topological polar surface area (TPSA) is 108 Å². The van der Waals surface area contributed by atoms with Crippen molar-refractivity contribution in [1.82, 2.24) is 15.3 Å². The molecule has 2 aromatic heterocycles. The van der Waals surface area contributed by atoms with Gasteiger partial charge in [-0.1, -0.05) is 24.3 Å². The van der Waals surface area contributed by atoms with Crippen molar-refractivity contribution in [3.05, 3.63) is 72.6 Å². The predicted octanol–water partition coefficient (Wildman–Crippen LogP) is 3.61. The monoisotopic (exact) mass is 376 g/mol. The molecule has 0 bridgehead atoms. The standard InChI is InChI=1S/C20H20N6O2/c1-2-21-20(28)26-18-12-16(24-14-8-4-3-5-9-14)15(13-23-18)19(27)25-17-10-6-7-11-22-17/h3-13H,2H2,1H3,(H,22,25,27)(H3,21,23,24,26,28). The van der Waals surface area contributed by atoms with Crippen LogP contribution in [0.1, 0.15) is 17.3 Å². The Bertz CT molecular complexity index is 947. The second-order valence-electron chi connectivity index (χ2n) is 5.76. The van der Waals surface area contributed by atoms with Crippen LogP contribution in [0.25, 0.3) is 0 Å². The molecule has 0 atom stereocenters. The van der Waals surface area contributed by atoms with Gasteiger partial charge >= 0.3 is 6.03 Å². The van der Waals surface area contributed by atoms with Crippen LogP contribution in [0.3, 0.4) is 0 Å². The van der Waals surface area contributed by atoms with Crippen molar-refractivity contribution in [2.24, 2.45) is 0 Å². The third kappa shape index (κ3) is 5.04. The molecule has 3 aromatic rings. The fourth-order valence-electron chi connectivity index (χ4n) is 2.43. The van der Waals surface area contributed by atoms with E-state index < -0.39 is 0 Å². The Kier molecular flexibility index (Phi) is 6.14. The Morgan fingerprint density at radius 1 is 0.929 bits per heavy atom. The number of nitrogens with one attached hydrogen (secondary N) is 4. The van der Waals surface area contributed by atoms with Crippen LogP contribution in [-0.4, -0.2) is 28.5 Å². The summed E-state index contributed by atoms with van der Waals surface area (Å²) in [5.74, 6) is 0.385. The van der Waals surface area contributed by atoms with Crippen LogP contribution in [0.5, 0.6) is 0 Å². The van der Waals surface area contributed by atoms with Crippen molar-refractivity contribution in [1.29, 1.82) is 0 Å². The summed E-state index contributed by atoms with van der Waals surface area (Å²) in [5, 5.41) is 11.2. The zero-order valence-electron chi connectivity index (χ0n) is 15.3. The van der Waals surface area contributed by atoms with Crippen LogP contribution < -0.4 is 21.3 Å². The zero-order chi connectivity index (χ0) is 19.8. The molecule has 0 aliphatic heterocycles. The molecule has 142 valence electrons. The second kappa shape index (κ2) is 9.13. The Labute approximate surface area is 162 Å². The normalized spacial score (nSPS) is 10.0. The van der Waals surface area contributed by atoms with Crippen molar-refractivity contribution in [2.45, 2.75) is 6.92 Å². The number of amides is 3. The minimum atomic E-state index is -0.369. The van der Waals surface area contributed by atoms with Gasteiger partial charge in [0, 0.05) is 30.7 Å². The van der Waals surface area contributed by atoms with Crippen molar-refractivity contribution < 1.29 is 9.59 Å². The van der Waals surface area contributed by atoms with Gasteiger partial charge in [0.2, 0.25) is 0 Å². The first-order valence-corrected chi connectivity index (χ1v) is 8.75. The van der Waals surface area contributed by atoms with E-state index in [0.29, 0.717) is 29.4 Å². The number of carbonyl (C=O) groups is 2. The number of aromatic nitrogens is 2. The molecule has 2 heterocycles. The van der Waals surface area contributed by atoms with Crippen LogP contribution in [-0.2, 0) is 0 Å². The molecular formula is C20H20N6O2. The maximum Gasteiger partial charge on any atom is 0.320 e. The highest BCUT2D eigenvalue weighted by Gasteiger charge is 2.15. The molecule has 8 nitrogen and oxygen atoms in total. The minimum Gasteiger partial charge on any atom is -0.355 e. The van der Waals surface area contributed by atoms with E-state index in [9.17, 15) is 9.59 Å². The van der Waals surface area contributed by atoms with E-state index in [1.807, 2.05) is 37.3 Å². The maximum atomic E-state index is 12.7. The first kappa shape index (κ1) is 18.8. The molecule has 0 unspecified atom stereocenters. The number of anilines is 4. The first-order valence-electron chi connectivity index (χ1n) is 8.75. The van der Waals surface area contributed by atoms with E-state index in [-0.39, 0.29) is 11.9 Å². The predicted molar refractivity (Wildman–Crippen MR) is 109 cm³/mol. The molecule has 0 radical (unpaired) electrons. The van der Waals surface area contributed by atoms with E-state index in [1.165, 1.54) is 6.20 Å². The summed E-state index contributed by atoms with van der Waals surface area (Å²) < 4.78 is 0. The lowest BCUT2D eigenvalue weighted by Gasteiger charge is -2.14. The average Bonchev–Trinajstić information content (AvgIpc) is 2.70. The van der Waals surface area contributed by atoms with E-state index >= 15 is 0 Å². The van der Waals surface area contributed by atoms with E-state index in [0.717, 1.165) is 5.69 Å². The second-order valence-corrected chi connectivity index (χ2v) is 5.76. The summed E-state index contributed by atoms with van der Waals surface area (Å²) in [6.07, 6.45) is 3.00. The van der Waals surface area contributed by atoms with E-state index in [1.54, 1.807) is 30.5 Å². The Balaban J connectivity index is 1.88. The fraction of sp³-hybridized carbons (Fsp3) is 0.100. The lowest BCUT2D eigenvalue weighted by atomic mass is 10.2. The van der Waals surface area contributed by atoms with Crippen LogP contribution in [0, 0.1) is 0 Å². The number of rotatable bonds is 6. The van der Waals surface area contributed by atoms with E-state index in [2.05, 4.69) is 31.2 Å². The van der Waals surface area contributed by atoms with Gasteiger partial charge in [-0.05, 0) is 31.2 Å². The molecule has 0 saturated heterocycles. The number of urea groups is 1. The number of nitrogens with zero attached hydrogens (tertiary/aromatic N) is 2. The van der Waals surface area contributed by atoms with Crippen LogP contribution in [0.15, 0.2) is 67.0 Å². The molecule has 3 amide bonds. The van der Waals surface area contributed by atoms with Crippen molar-refractivity contribution in [3.63, 3.8) is 0 Å². The number of para-hydroxylation sites is 1. The molecular weight excluding hydrogens is 356 g/mol. The highest BCUT2D eigenvalue weighted by Crippen LogP contribution is 2.24. The molecule has 4 N–H and O–H groups in total. The highest BCUT2D eigenvalue weighted by molar-refractivity contribution is 6.08. The van der Waals surface area contributed by atoms with Gasteiger partial charge in [-0.15, -0.1) is 0 Å². The lowest BCUT2D eigenvalue weighted by Crippen LogP contribution is -2.28. The molecule has 1 aromatic carbocycles. The Hall–Kier alpha value is -3.94. The molecule has 28 heavy (non-hydrogen) atoms. The average molecular weight is 376 g/mol. The quantitative estimate of drug-likeness (QED) is 0.526. The third-order valence-corrected chi connectivity index (χ3v) is 3.69. The number of hydrogen-bond acceptors (Lipinski definition) is 5. The van der Waals surface area contributed by atoms with Crippen LogP contribution in [0.2, 0.25) is 0 Å². The molecule has 3 rings (SSSR count). The van der Waals surface area contributed by atoms with Gasteiger partial charge in [0.05, 0.1) is 11.3 Å². The first-order chi connectivity index (χ1) is 13.7. The summed E-state index contributed by atoms with van der Waals surface area (Å²) in [7, 11) is 0. The summed E-state index contributed by atoms with van der Waals surface area (Å²) in [6, 6.07) is 15.9. The number of hydrogen-bond donors (Lipinski definition) is 4.